The van der Waals surface area contributed by atoms with Crippen molar-refractivity contribution < 1.29 is 0 Å². The van der Waals surface area contributed by atoms with Crippen molar-refractivity contribution in [3.8, 4) is 0 Å². The fraction of sp³-hybridized carbons (Fsp3) is 0.556. The predicted molar refractivity (Wildman–Crippen MR) is 122 cm³/mol. The minimum absolute atomic E-state index is 0.370. The van der Waals surface area contributed by atoms with Gasteiger partial charge < -0.3 is 9.88 Å². The molecule has 0 spiro atoms. The number of nitrogens with zero attached hydrogens (tertiary/aromatic N) is 1. The number of fused-ring (bicyclic) bond motifs is 3. The lowest BCUT2D eigenvalue weighted by atomic mass is 9.43. The number of hydrogen-bond acceptors (Lipinski definition) is 1. The van der Waals surface area contributed by atoms with E-state index in [0.717, 1.165) is 19.0 Å². The molecule has 2 nitrogen and oxygen atoms in total. The Labute approximate surface area is 174 Å². The average molecular weight is 387 g/mol. The van der Waals surface area contributed by atoms with E-state index in [2.05, 4.69) is 73.1 Å². The van der Waals surface area contributed by atoms with Crippen molar-refractivity contribution in [2.75, 3.05) is 0 Å². The van der Waals surface area contributed by atoms with E-state index in [0.29, 0.717) is 16.4 Å². The Hall–Kier alpha value is -1.80. The number of hydrogen-bond donors (Lipinski definition) is 1. The first-order valence-electron chi connectivity index (χ1n) is 11.6. The quantitative estimate of drug-likeness (QED) is 0.531. The third kappa shape index (κ3) is 2.71. The zero-order valence-corrected chi connectivity index (χ0v) is 18.2. The largest absolute Gasteiger partial charge is 0.341 e. The molecule has 0 saturated heterocycles. The van der Waals surface area contributed by atoms with E-state index in [1.807, 2.05) is 0 Å². The molecule has 4 aliphatic rings. The molecule has 2 unspecified atom stereocenters. The van der Waals surface area contributed by atoms with Gasteiger partial charge in [-0.15, -0.1) is 0 Å². The van der Waals surface area contributed by atoms with Gasteiger partial charge >= 0.3 is 0 Å². The molecule has 4 fully saturated rings. The maximum Gasteiger partial charge on any atom is 0.0491 e. The first-order chi connectivity index (χ1) is 13.9. The summed E-state index contributed by atoms with van der Waals surface area (Å²) in [6, 6.07) is 16.0. The number of rotatable bonds is 4. The second kappa shape index (κ2) is 5.88. The summed E-state index contributed by atoms with van der Waals surface area (Å²) in [5.74, 6) is 0.943. The molecule has 4 bridgehead atoms. The summed E-state index contributed by atoms with van der Waals surface area (Å²) < 4.78 is 2.45. The zero-order chi connectivity index (χ0) is 19.9. The van der Waals surface area contributed by atoms with Crippen molar-refractivity contribution in [2.24, 2.45) is 16.7 Å². The number of aromatic nitrogens is 1. The van der Waals surface area contributed by atoms with Crippen molar-refractivity contribution in [3.63, 3.8) is 0 Å². The van der Waals surface area contributed by atoms with Crippen molar-refractivity contribution >= 4 is 21.8 Å². The minimum atomic E-state index is 0.370. The summed E-state index contributed by atoms with van der Waals surface area (Å²) in [6.07, 6.45) is 8.54. The fourth-order valence-corrected chi connectivity index (χ4v) is 8.49. The van der Waals surface area contributed by atoms with E-state index in [1.54, 1.807) is 0 Å². The lowest BCUT2D eigenvalue weighted by Gasteiger charge is -2.65. The summed E-state index contributed by atoms with van der Waals surface area (Å²) in [4.78, 5) is 0. The molecule has 1 heterocycles. The van der Waals surface area contributed by atoms with Crippen LogP contribution in [0.5, 0.6) is 0 Å². The van der Waals surface area contributed by atoms with Crippen LogP contribution >= 0.6 is 0 Å². The van der Waals surface area contributed by atoms with Gasteiger partial charge in [0.25, 0.3) is 0 Å². The molecule has 2 atom stereocenters. The van der Waals surface area contributed by atoms with Crippen LogP contribution in [0.3, 0.4) is 0 Å². The average Bonchev–Trinajstić information content (AvgIpc) is 2.97. The van der Waals surface area contributed by atoms with Crippen LogP contribution in [-0.2, 0) is 13.1 Å². The van der Waals surface area contributed by atoms with E-state index in [4.69, 9.17) is 0 Å². The van der Waals surface area contributed by atoms with Gasteiger partial charge in [-0.05, 0) is 86.0 Å². The maximum atomic E-state index is 4.12. The second-order valence-electron chi connectivity index (χ2n) is 11.4. The van der Waals surface area contributed by atoms with E-state index in [-0.39, 0.29) is 0 Å². The Morgan fingerprint density at radius 1 is 0.897 bits per heavy atom. The Kier molecular flexibility index (Phi) is 3.65. The van der Waals surface area contributed by atoms with Gasteiger partial charge in [0.15, 0.2) is 0 Å². The van der Waals surface area contributed by atoms with Crippen LogP contribution in [0.4, 0.5) is 0 Å². The van der Waals surface area contributed by atoms with Gasteiger partial charge in [-0.2, -0.15) is 0 Å². The Morgan fingerprint density at radius 3 is 2.34 bits per heavy atom. The van der Waals surface area contributed by atoms with Crippen molar-refractivity contribution in [1.82, 2.24) is 9.88 Å². The van der Waals surface area contributed by atoms with Crippen LogP contribution in [0.25, 0.3) is 21.8 Å². The van der Waals surface area contributed by atoms with Crippen molar-refractivity contribution in [2.45, 2.75) is 77.9 Å². The smallest absolute Gasteiger partial charge is 0.0491 e. The highest BCUT2D eigenvalue weighted by molar-refractivity contribution is 6.08. The fourth-order valence-electron chi connectivity index (χ4n) is 8.49. The lowest BCUT2D eigenvalue weighted by Crippen LogP contribution is -2.63. The van der Waals surface area contributed by atoms with Crippen LogP contribution in [0.1, 0.15) is 64.9 Å². The third-order valence-corrected chi connectivity index (χ3v) is 8.45. The topological polar surface area (TPSA) is 17.0 Å². The molecule has 152 valence electrons. The summed E-state index contributed by atoms with van der Waals surface area (Å²) in [5, 5.41) is 6.92. The lowest BCUT2D eigenvalue weighted by molar-refractivity contribution is -0.118. The Morgan fingerprint density at radius 2 is 1.62 bits per heavy atom. The van der Waals surface area contributed by atoms with Gasteiger partial charge in [0.05, 0.1) is 0 Å². The molecule has 1 N–H and O–H groups in total. The van der Waals surface area contributed by atoms with Crippen LogP contribution in [0.2, 0.25) is 0 Å². The number of benzene rings is 2. The van der Waals surface area contributed by atoms with Gasteiger partial charge in [-0.25, -0.2) is 0 Å². The molecule has 3 aromatic rings. The Bertz CT molecular complexity index is 1090. The molecular formula is C27H34N2. The van der Waals surface area contributed by atoms with Crippen LogP contribution in [-0.4, -0.2) is 10.1 Å². The minimum Gasteiger partial charge on any atom is -0.341 e. The summed E-state index contributed by atoms with van der Waals surface area (Å²) >= 11 is 0. The molecule has 2 heteroatoms. The highest BCUT2D eigenvalue weighted by atomic mass is 15.0. The normalized spacial score (nSPS) is 35.8. The van der Waals surface area contributed by atoms with Crippen molar-refractivity contribution in [1.29, 1.82) is 0 Å². The molecule has 0 aliphatic heterocycles. The monoisotopic (exact) mass is 386 g/mol. The molecular weight excluding hydrogens is 352 g/mol. The van der Waals surface area contributed by atoms with E-state index in [9.17, 15) is 0 Å². The first kappa shape index (κ1) is 18.0. The van der Waals surface area contributed by atoms with E-state index in [1.165, 1.54) is 65.9 Å². The summed E-state index contributed by atoms with van der Waals surface area (Å²) in [5.41, 5.74) is 5.67. The molecule has 2 aromatic carbocycles. The predicted octanol–water partition coefficient (Wildman–Crippen LogP) is 6.65. The van der Waals surface area contributed by atoms with Crippen LogP contribution in [0, 0.1) is 16.7 Å². The van der Waals surface area contributed by atoms with Gasteiger partial charge in [0.2, 0.25) is 0 Å². The van der Waals surface area contributed by atoms with E-state index >= 15 is 0 Å². The molecule has 29 heavy (non-hydrogen) atoms. The molecule has 0 amide bonds. The molecule has 4 saturated carbocycles. The number of nitrogens with one attached hydrogen (secondary N) is 1. The summed E-state index contributed by atoms with van der Waals surface area (Å²) in [6.45, 7) is 9.40. The highest BCUT2D eigenvalue weighted by Gasteiger charge is 2.59. The summed E-state index contributed by atoms with van der Waals surface area (Å²) in [7, 11) is 0. The molecule has 0 radical (unpaired) electrons. The standard InChI is InChI=1S/C27H34N2/c1-4-29-23-8-6-5-7-21(23)22-11-19(9-10-24(22)29)15-28-27-14-20-12-25(2,17-27)16-26(3,13-20)18-27/h5-11,20,28H,4,12-18H2,1-3H3. The van der Waals surface area contributed by atoms with E-state index < -0.39 is 0 Å². The van der Waals surface area contributed by atoms with Gasteiger partial charge in [0.1, 0.15) is 0 Å². The van der Waals surface area contributed by atoms with Crippen LogP contribution < -0.4 is 5.32 Å². The van der Waals surface area contributed by atoms with Gasteiger partial charge in [-0.1, -0.05) is 38.1 Å². The molecule has 4 aliphatic carbocycles. The van der Waals surface area contributed by atoms with Gasteiger partial charge in [0, 0.05) is 40.4 Å². The SMILES string of the molecule is CCn1c2ccccc2c2cc(CNC34CC5CC(C)(CC(C)(C5)C3)C4)ccc21. The Balaban J connectivity index is 1.32. The zero-order valence-electron chi connectivity index (χ0n) is 18.2. The van der Waals surface area contributed by atoms with Crippen LogP contribution in [0.15, 0.2) is 42.5 Å². The van der Waals surface area contributed by atoms with Gasteiger partial charge in [-0.3, -0.25) is 0 Å². The van der Waals surface area contributed by atoms with Crippen molar-refractivity contribution in [3.05, 3.63) is 48.0 Å². The second-order valence-corrected chi connectivity index (χ2v) is 11.4. The number of aryl methyl sites for hydroxylation is 1. The number of para-hydroxylation sites is 1. The molecule has 1 aromatic heterocycles. The third-order valence-electron chi connectivity index (χ3n) is 8.45. The highest BCUT2D eigenvalue weighted by Crippen LogP contribution is 2.66. The first-order valence-corrected chi connectivity index (χ1v) is 11.6. The maximum absolute atomic E-state index is 4.12. The molecule has 7 rings (SSSR count).